The molecule has 5 heteroatoms. The van der Waals surface area contributed by atoms with Gasteiger partial charge >= 0.3 is 0 Å². The van der Waals surface area contributed by atoms with Crippen molar-refractivity contribution in [1.29, 1.82) is 0 Å². The van der Waals surface area contributed by atoms with Crippen LogP contribution in [0.5, 0.6) is 5.75 Å². The summed E-state index contributed by atoms with van der Waals surface area (Å²) >= 11 is 0. The van der Waals surface area contributed by atoms with Gasteiger partial charge in [0.1, 0.15) is 12.2 Å². The normalized spacial score (nSPS) is 10.9. The monoisotopic (exact) mass is 355 g/mol. The van der Waals surface area contributed by atoms with Gasteiger partial charge in [-0.3, -0.25) is 4.79 Å². The van der Waals surface area contributed by atoms with Gasteiger partial charge in [0.25, 0.3) is 0 Å². The van der Waals surface area contributed by atoms with Crippen molar-refractivity contribution < 1.29 is 18.3 Å². The van der Waals surface area contributed by atoms with Crippen molar-refractivity contribution in [3.63, 3.8) is 0 Å². The van der Waals surface area contributed by atoms with E-state index < -0.39 is 5.82 Å². The molecule has 0 atom stereocenters. The second-order valence-electron chi connectivity index (χ2n) is 6.42. The Hall–Kier alpha value is -2.82. The molecule has 1 heterocycles. The van der Waals surface area contributed by atoms with E-state index >= 15 is 0 Å². The van der Waals surface area contributed by atoms with E-state index in [2.05, 4.69) is 0 Å². The maximum absolute atomic E-state index is 13.5. The van der Waals surface area contributed by atoms with Gasteiger partial charge in [-0.25, -0.2) is 4.39 Å². The highest BCUT2D eigenvalue weighted by atomic mass is 19.1. The molecule has 3 aromatic rings. The van der Waals surface area contributed by atoms with Crippen molar-refractivity contribution >= 4 is 16.9 Å². The molecule has 0 saturated heterocycles. The summed E-state index contributed by atoms with van der Waals surface area (Å²) in [5, 5.41) is 0.970. The zero-order chi connectivity index (χ0) is 18.7. The number of fused-ring (bicyclic) bond motifs is 1. The average molecular weight is 355 g/mol. The van der Waals surface area contributed by atoms with Crippen molar-refractivity contribution in [3.8, 4) is 5.75 Å². The summed E-state index contributed by atoms with van der Waals surface area (Å²) in [5.74, 6) is -0.250. The smallest absolute Gasteiger partial charge is 0.226 e. The number of carbonyl (C=O) groups is 1. The minimum Gasteiger partial charge on any atom is -0.489 e. The van der Waals surface area contributed by atoms with E-state index in [0.717, 1.165) is 27.7 Å². The number of ether oxygens (including phenoxy) is 1. The fourth-order valence-electron chi connectivity index (χ4n) is 2.80. The number of halogens is 1. The maximum Gasteiger partial charge on any atom is 0.226 e. The summed E-state index contributed by atoms with van der Waals surface area (Å²) in [4.78, 5) is 14.1. The molecule has 0 bridgehead atoms. The van der Waals surface area contributed by atoms with Crippen LogP contribution >= 0.6 is 0 Å². The molecule has 0 spiro atoms. The molecule has 4 nitrogen and oxygen atoms in total. The second kappa shape index (κ2) is 7.60. The second-order valence-corrected chi connectivity index (χ2v) is 6.42. The molecule has 0 aliphatic carbocycles. The molecule has 0 radical (unpaired) electrons. The van der Waals surface area contributed by atoms with E-state index in [9.17, 15) is 9.18 Å². The summed E-state index contributed by atoms with van der Waals surface area (Å²) < 4.78 is 24.6. The van der Waals surface area contributed by atoms with Crippen LogP contribution in [-0.2, 0) is 11.2 Å². The van der Waals surface area contributed by atoms with Gasteiger partial charge in [-0.15, -0.1) is 0 Å². The highest BCUT2D eigenvalue weighted by molar-refractivity contribution is 5.89. The Kier molecular flexibility index (Phi) is 5.26. The molecular formula is C21H22FNO3. The Labute approximate surface area is 152 Å². The number of rotatable bonds is 6. The predicted molar refractivity (Wildman–Crippen MR) is 98.9 cm³/mol. The molecule has 0 aliphatic rings. The quantitative estimate of drug-likeness (QED) is 0.663. The highest BCUT2D eigenvalue weighted by Crippen LogP contribution is 2.27. The average Bonchev–Trinajstić information content (AvgIpc) is 3.03. The van der Waals surface area contributed by atoms with Crippen LogP contribution in [0.2, 0.25) is 0 Å². The Morgan fingerprint density at radius 2 is 1.96 bits per heavy atom. The lowest BCUT2D eigenvalue weighted by molar-refractivity contribution is -0.129. The van der Waals surface area contributed by atoms with Gasteiger partial charge < -0.3 is 14.1 Å². The van der Waals surface area contributed by atoms with Crippen LogP contribution in [0.4, 0.5) is 4.39 Å². The minimum absolute atomic E-state index is 0.0388. The van der Waals surface area contributed by atoms with E-state index in [0.29, 0.717) is 6.54 Å². The molecule has 0 unspecified atom stereocenters. The molecule has 1 amide bonds. The molecule has 2 aromatic carbocycles. The maximum atomic E-state index is 13.5. The van der Waals surface area contributed by atoms with Gasteiger partial charge in [0, 0.05) is 18.0 Å². The third-order valence-corrected chi connectivity index (χ3v) is 4.63. The van der Waals surface area contributed by atoms with Crippen LogP contribution < -0.4 is 4.74 Å². The van der Waals surface area contributed by atoms with Crippen LogP contribution in [0.25, 0.3) is 11.0 Å². The van der Waals surface area contributed by atoms with Crippen molar-refractivity contribution in [2.75, 3.05) is 20.2 Å². The van der Waals surface area contributed by atoms with Crippen LogP contribution in [0.15, 0.2) is 47.1 Å². The SMILES string of the molecule is Cc1ccc2c(CC(=O)N(C)CCOc3ccccc3F)coc2c1C. The van der Waals surface area contributed by atoms with Gasteiger partial charge in [0.15, 0.2) is 11.6 Å². The zero-order valence-electron chi connectivity index (χ0n) is 15.2. The van der Waals surface area contributed by atoms with Gasteiger partial charge in [-0.05, 0) is 37.1 Å². The first kappa shape index (κ1) is 18.0. The summed E-state index contributed by atoms with van der Waals surface area (Å²) in [6.07, 6.45) is 1.91. The zero-order valence-corrected chi connectivity index (χ0v) is 15.2. The largest absolute Gasteiger partial charge is 0.489 e. The van der Waals surface area contributed by atoms with Crippen LogP contribution in [-0.4, -0.2) is 31.0 Å². The number of benzene rings is 2. The van der Waals surface area contributed by atoms with Crippen molar-refractivity contribution in [1.82, 2.24) is 4.90 Å². The summed E-state index contributed by atoms with van der Waals surface area (Å²) in [5.41, 5.74) is 3.95. The van der Waals surface area contributed by atoms with Gasteiger partial charge in [0.05, 0.1) is 19.2 Å². The number of aryl methyl sites for hydroxylation is 2. The number of amides is 1. The summed E-state index contributed by atoms with van der Waals surface area (Å²) in [7, 11) is 1.71. The number of hydrogen-bond acceptors (Lipinski definition) is 3. The molecule has 3 rings (SSSR count). The molecule has 0 N–H and O–H groups in total. The molecule has 26 heavy (non-hydrogen) atoms. The fraction of sp³-hybridized carbons (Fsp3) is 0.286. The Morgan fingerprint density at radius 3 is 2.73 bits per heavy atom. The lowest BCUT2D eigenvalue weighted by Crippen LogP contribution is -2.32. The predicted octanol–water partition coefficient (Wildman–Crippen LogP) is 4.27. The molecular weight excluding hydrogens is 333 g/mol. The first-order valence-electron chi connectivity index (χ1n) is 8.55. The summed E-state index contributed by atoms with van der Waals surface area (Å²) in [6.45, 7) is 4.65. The van der Waals surface area contributed by atoms with Gasteiger partial charge in [0.2, 0.25) is 5.91 Å². The molecule has 0 saturated carbocycles. The van der Waals surface area contributed by atoms with E-state index in [1.54, 1.807) is 36.4 Å². The Balaban J connectivity index is 1.59. The highest BCUT2D eigenvalue weighted by Gasteiger charge is 2.15. The molecule has 0 fully saturated rings. The van der Waals surface area contributed by atoms with E-state index in [1.807, 2.05) is 26.0 Å². The first-order valence-corrected chi connectivity index (χ1v) is 8.55. The lowest BCUT2D eigenvalue weighted by atomic mass is 10.0. The van der Waals surface area contributed by atoms with Crippen LogP contribution in [0.1, 0.15) is 16.7 Å². The molecule has 1 aromatic heterocycles. The van der Waals surface area contributed by atoms with E-state index in [-0.39, 0.29) is 24.7 Å². The summed E-state index contributed by atoms with van der Waals surface area (Å²) in [6, 6.07) is 10.3. The first-order chi connectivity index (χ1) is 12.5. The van der Waals surface area contributed by atoms with Gasteiger partial charge in [-0.1, -0.05) is 24.3 Å². The number of likely N-dealkylation sites (N-methyl/N-ethyl adjacent to an activating group) is 1. The third kappa shape index (κ3) is 3.72. The van der Waals surface area contributed by atoms with E-state index in [1.165, 1.54) is 6.07 Å². The number of para-hydroxylation sites is 1. The van der Waals surface area contributed by atoms with Crippen molar-refractivity contribution in [2.24, 2.45) is 0 Å². The van der Waals surface area contributed by atoms with E-state index in [4.69, 9.17) is 9.15 Å². The van der Waals surface area contributed by atoms with Gasteiger partial charge in [-0.2, -0.15) is 0 Å². The molecule has 136 valence electrons. The number of hydrogen-bond donors (Lipinski definition) is 0. The fourth-order valence-corrected chi connectivity index (χ4v) is 2.80. The van der Waals surface area contributed by atoms with Crippen molar-refractivity contribution in [3.05, 3.63) is 65.2 Å². The molecule has 0 aliphatic heterocycles. The third-order valence-electron chi connectivity index (χ3n) is 4.63. The van der Waals surface area contributed by atoms with Crippen LogP contribution in [0, 0.1) is 19.7 Å². The number of carbonyl (C=O) groups excluding carboxylic acids is 1. The van der Waals surface area contributed by atoms with Crippen LogP contribution in [0.3, 0.4) is 0 Å². The lowest BCUT2D eigenvalue weighted by Gasteiger charge is -2.17. The Bertz CT molecular complexity index is 932. The number of furan rings is 1. The minimum atomic E-state index is -0.406. The topological polar surface area (TPSA) is 42.7 Å². The van der Waals surface area contributed by atoms with Crippen molar-refractivity contribution in [2.45, 2.75) is 20.3 Å². The Morgan fingerprint density at radius 1 is 1.19 bits per heavy atom. The number of nitrogens with zero attached hydrogens (tertiary/aromatic N) is 1. The standard InChI is InChI=1S/C21H22FNO3/c1-14-8-9-17-16(13-26-21(17)15(14)2)12-20(24)23(3)10-11-25-19-7-5-4-6-18(19)22/h4-9,13H,10-12H2,1-3H3.